The Morgan fingerprint density at radius 3 is 2.44 bits per heavy atom. The van der Waals surface area contributed by atoms with Crippen LogP contribution in [0.1, 0.15) is 50.5 Å². The summed E-state index contributed by atoms with van der Waals surface area (Å²) in [5.74, 6) is 0.457. The Morgan fingerprint density at radius 2 is 1.72 bits per heavy atom. The molecule has 2 aliphatic rings. The summed E-state index contributed by atoms with van der Waals surface area (Å²) in [6.07, 6.45) is 7.73. The number of hydrogen-bond donors (Lipinski definition) is 2. The van der Waals surface area contributed by atoms with Gasteiger partial charge in [-0.25, -0.2) is 0 Å². The normalized spacial score (nSPS) is 23.4. The lowest BCUT2D eigenvalue weighted by atomic mass is 10.1. The van der Waals surface area contributed by atoms with E-state index in [1.807, 2.05) is 24.3 Å². The molecule has 0 radical (unpaired) electrons. The molecule has 0 bridgehead atoms. The monoisotopic (exact) mass is 344 g/mol. The molecule has 1 aromatic carbocycles. The Hall–Kier alpha value is -2.04. The second-order valence-corrected chi connectivity index (χ2v) is 7.18. The molecule has 0 spiro atoms. The van der Waals surface area contributed by atoms with Gasteiger partial charge >= 0.3 is 0 Å². The standard InChI is InChI=1S/C20H28N2O3/c1-25-18-11-7-6-8-14(18)13-21-19(23)16-12-17(16)20(24)22-15-9-4-2-3-5-10-15/h6-8,11,15-17H,2-5,9-10,12-13H2,1H3,(H,21,23)(H,22,24). The maximum absolute atomic E-state index is 12.4. The maximum atomic E-state index is 12.4. The van der Waals surface area contributed by atoms with E-state index in [1.54, 1.807) is 7.11 Å². The van der Waals surface area contributed by atoms with Gasteiger partial charge in [0.2, 0.25) is 11.8 Å². The highest BCUT2D eigenvalue weighted by molar-refractivity contribution is 5.92. The summed E-state index contributed by atoms with van der Waals surface area (Å²) in [5, 5.41) is 6.09. The lowest BCUT2D eigenvalue weighted by Gasteiger charge is -2.16. The van der Waals surface area contributed by atoms with Crippen LogP contribution < -0.4 is 15.4 Å². The van der Waals surface area contributed by atoms with Crippen molar-refractivity contribution in [2.45, 2.75) is 57.5 Å². The van der Waals surface area contributed by atoms with E-state index in [0.29, 0.717) is 19.0 Å². The molecule has 0 aromatic heterocycles. The number of ether oxygens (including phenoxy) is 1. The minimum atomic E-state index is -0.180. The number of benzene rings is 1. The Morgan fingerprint density at radius 1 is 1.04 bits per heavy atom. The second kappa shape index (κ2) is 8.37. The van der Waals surface area contributed by atoms with Crippen molar-refractivity contribution in [2.24, 2.45) is 11.8 Å². The third kappa shape index (κ3) is 4.74. The van der Waals surface area contributed by atoms with Gasteiger partial charge in [-0.1, -0.05) is 43.9 Å². The first-order valence-electron chi connectivity index (χ1n) is 9.39. The fraction of sp³-hybridized carbons (Fsp3) is 0.600. The number of hydrogen-bond acceptors (Lipinski definition) is 3. The van der Waals surface area contributed by atoms with Gasteiger partial charge in [0.25, 0.3) is 0 Å². The highest BCUT2D eigenvalue weighted by atomic mass is 16.5. The maximum Gasteiger partial charge on any atom is 0.224 e. The number of rotatable bonds is 6. The lowest BCUT2D eigenvalue weighted by Crippen LogP contribution is -2.36. The van der Waals surface area contributed by atoms with Gasteiger partial charge in [-0.2, -0.15) is 0 Å². The molecule has 0 aliphatic heterocycles. The van der Waals surface area contributed by atoms with Crippen molar-refractivity contribution >= 4 is 11.8 Å². The van der Waals surface area contributed by atoms with E-state index in [2.05, 4.69) is 10.6 Å². The number of amides is 2. The molecule has 0 saturated heterocycles. The Bertz CT molecular complexity index is 609. The zero-order valence-electron chi connectivity index (χ0n) is 14.9. The molecule has 2 aliphatic carbocycles. The largest absolute Gasteiger partial charge is 0.496 e. The molecular formula is C20H28N2O3. The zero-order chi connectivity index (χ0) is 17.6. The molecular weight excluding hydrogens is 316 g/mol. The zero-order valence-corrected chi connectivity index (χ0v) is 14.9. The van der Waals surface area contributed by atoms with Gasteiger partial charge in [-0.15, -0.1) is 0 Å². The number of carbonyl (C=O) groups is 2. The van der Waals surface area contributed by atoms with Crippen molar-refractivity contribution in [1.82, 2.24) is 10.6 Å². The molecule has 2 amide bonds. The van der Waals surface area contributed by atoms with E-state index in [9.17, 15) is 9.59 Å². The van der Waals surface area contributed by atoms with E-state index in [1.165, 1.54) is 25.7 Å². The molecule has 25 heavy (non-hydrogen) atoms. The van der Waals surface area contributed by atoms with Crippen molar-refractivity contribution in [3.05, 3.63) is 29.8 Å². The molecule has 136 valence electrons. The predicted molar refractivity (Wildman–Crippen MR) is 96.1 cm³/mol. The summed E-state index contributed by atoms with van der Waals surface area (Å²) in [6, 6.07) is 7.93. The molecule has 0 heterocycles. The summed E-state index contributed by atoms with van der Waals surface area (Å²) < 4.78 is 5.29. The predicted octanol–water partition coefficient (Wildman–Crippen LogP) is 2.79. The Balaban J connectivity index is 1.44. The molecule has 2 unspecified atom stereocenters. The number of carbonyl (C=O) groups excluding carboxylic acids is 2. The molecule has 1 aromatic rings. The third-order valence-electron chi connectivity index (χ3n) is 5.31. The van der Waals surface area contributed by atoms with E-state index < -0.39 is 0 Å². The van der Waals surface area contributed by atoms with E-state index >= 15 is 0 Å². The molecule has 2 fully saturated rings. The van der Waals surface area contributed by atoms with Crippen molar-refractivity contribution in [2.75, 3.05) is 7.11 Å². The second-order valence-electron chi connectivity index (χ2n) is 7.18. The number of nitrogens with one attached hydrogen (secondary N) is 2. The van der Waals surface area contributed by atoms with Crippen LogP contribution in [0.25, 0.3) is 0 Å². The van der Waals surface area contributed by atoms with Crippen LogP contribution in [0, 0.1) is 11.8 Å². The van der Waals surface area contributed by atoms with E-state index in [4.69, 9.17) is 4.74 Å². The Labute approximate surface area is 149 Å². The van der Waals surface area contributed by atoms with Gasteiger partial charge < -0.3 is 15.4 Å². The van der Waals surface area contributed by atoms with Gasteiger partial charge in [-0.05, 0) is 25.3 Å². The number of methoxy groups -OCH3 is 1. The molecule has 2 N–H and O–H groups in total. The minimum absolute atomic E-state index is 0.0353. The number of para-hydroxylation sites is 1. The van der Waals surface area contributed by atoms with Gasteiger partial charge in [0.05, 0.1) is 18.9 Å². The van der Waals surface area contributed by atoms with Crippen LogP contribution in [-0.2, 0) is 16.1 Å². The van der Waals surface area contributed by atoms with Crippen LogP contribution in [0.3, 0.4) is 0 Å². The van der Waals surface area contributed by atoms with Crippen LogP contribution in [0.5, 0.6) is 5.75 Å². The summed E-state index contributed by atoms with van der Waals surface area (Å²) in [6.45, 7) is 0.427. The van der Waals surface area contributed by atoms with Gasteiger partial charge in [0.1, 0.15) is 5.75 Å². The lowest BCUT2D eigenvalue weighted by molar-refractivity contribution is -0.127. The summed E-state index contributed by atoms with van der Waals surface area (Å²) in [7, 11) is 1.62. The summed E-state index contributed by atoms with van der Waals surface area (Å²) in [5.41, 5.74) is 0.943. The highest BCUT2D eigenvalue weighted by Crippen LogP contribution is 2.39. The first-order valence-corrected chi connectivity index (χ1v) is 9.39. The first-order chi connectivity index (χ1) is 12.2. The van der Waals surface area contributed by atoms with E-state index in [-0.39, 0.29) is 23.7 Å². The summed E-state index contributed by atoms with van der Waals surface area (Å²) >= 11 is 0. The fourth-order valence-electron chi connectivity index (χ4n) is 3.67. The van der Waals surface area contributed by atoms with Crippen LogP contribution in [0.2, 0.25) is 0 Å². The minimum Gasteiger partial charge on any atom is -0.496 e. The smallest absolute Gasteiger partial charge is 0.224 e. The highest BCUT2D eigenvalue weighted by Gasteiger charge is 2.48. The molecule has 5 nitrogen and oxygen atoms in total. The SMILES string of the molecule is COc1ccccc1CNC(=O)C1CC1C(=O)NC1CCCCCC1. The van der Waals surface area contributed by atoms with Crippen molar-refractivity contribution in [1.29, 1.82) is 0 Å². The van der Waals surface area contributed by atoms with Crippen molar-refractivity contribution < 1.29 is 14.3 Å². The third-order valence-corrected chi connectivity index (χ3v) is 5.31. The van der Waals surface area contributed by atoms with Crippen LogP contribution in [0.15, 0.2) is 24.3 Å². The van der Waals surface area contributed by atoms with Gasteiger partial charge in [0.15, 0.2) is 0 Å². The first kappa shape index (κ1) is 17.8. The topological polar surface area (TPSA) is 67.4 Å². The Kier molecular flexibility index (Phi) is 5.95. The molecule has 3 rings (SSSR count). The van der Waals surface area contributed by atoms with Crippen LogP contribution >= 0.6 is 0 Å². The molecule has 2 saturated carbocycles. The van der Waals surface area contributed by atoms with Crippen LogP contribution in [0.4, 0.5) is 0 Å². The summed E-state index contributed by atoms with van der Waals surface area (Å²) in [4.78, 5) is 24.7. The fourth-order valence-corrected chi connectivity index (χ4v) is 3.67. The van der Waals surface area contributed by atoms with Gasteiger partial charge in [-0.3, -0.25) is 9.59 Å². The van der Waals surface area contributed by atoms with Crippen molar-refractivity contribution in [3.8, 4) is 5.75 Å². The van der Waals surface area contributed by atoms with E-state index in [0.717, 1.165) is 24.2 Å². The quantitative estimate of drug-likeness (QED) is 0.780. The van der Waals surface area contributed by atoms with Crippen molar-refractivity contribution in [3.63, 3.8) is 0 Å². The van der Waals surface area contributed by atoms with Gasteiger partial charge in [0, 0.05) is 18.2 Å². The van der Waals surface area contributed by atoms with Crippen LogP contribution in [-0.4, -0.2) is 25.0 Å². The average molecular weight is 344 g/mol. The molecule has 2 atom stereocenters. The molecule has 5 heteroatoms. The average Bonchev–Trinajstić information content (AvgIpc) is 3.44.